The highest BCUT2D eigenvalue weighted by molar-refractivity contribution is 6.22. The lowest BCUT2D eigenvalue weighted by Gasteiger charge is -2.06. The maximum Gasteiger partial charge on any atom is 0.305 e. The van der Waals surface area contributed by atoms with Gasteiger partial charge in [0.15, 0.2) is 0 Å². The molecule has 0 heterocycles. The van der Waals surface area contributed by atoms with Gasteiger partial charge in [0.1, 0.15) is 0 Å². The van der Waals surface area contributed by atoms with E-state index in [1.54, 1.807) is 0 Å². The number of esters is 1. The number of rotatable bonds is 11. The van der Waals surface area contributed by atoms with Gasteiger partial charge < -0.3 is 4.74 Å². The fraction of sp³-hybridized carbons (Fsp3) is 0.923. The van der Waals surface area contributed by atoms with Gasteiger partial charge >= 0.3 is 5.97 Å². The first-order chi connectivity index (χ1) is 8.20. The molecule has 0 aliphatic carbocycles. The van der Waals surface area contributed by atoms with Crippen LogP contribution in [-0.4, -0.2) is 24.3 Å². The topological polar surface area (TPSA) is 26.3 Å². The zero-order chi connectivity index (χ0) is 12.9. The highest BCUT2D eigenvalue weighted by atomic mass is 35.5. The molecule has 4 heteroatoms. The molecule has 0 aliphatic rings. The van der Waals surface area contributed by atoms with Gasteiger partial charge in [-0.2, -0.15) is 0 Å². The average molecular weight is 283 g/mol. The number of hydrogen-bond donors (Lipinski definition) is 0. The summed E-state index contributed by atoms with van der Waals surface area (Å²) in [7, 11) is 1.44. The number of ether oxygens (including phenoxy) is 1. The molecule has 102 valence electrons. The normalized spacial score (nSPS) is 12.4. The Morgan fingerprint density at radius 3 is 2.24 bits per heavy atom. The predicted octanol–water partition coefficient (Wildman–Crippen LogP) is 4.52. The van der Waals surface area contributed by atoms with E-state index in [4.69, 9.17) is 23.2 Å². The summed E-state index contributed by atoms with van der Waals surface area (Å²) < 4.78 is 4.58. The maximum atomic E-state index is 10.8. The van der Waals surface area contributed by atoms with Crippen LogP contribution in [0.3, 0.4) is 0 Å². The quantitative estimate of drug-likeness (QED) is 0.316. The molecule has 0 saturated carbocycles. The van der Waals surface area contributed by atoms with Crippen LogP contribution in [0, 0.1) is 0 Å². The number of hydrogen-bond acceptors (Lipinski definition) is 2. The lowest BCUT2D eigenvalue weighted by molar-refractivity contribution is -0.140. The van der Waals surface area contributed by atoms with Crippen LogP contribution in [0.15, 0.2) is 0 Å². The fourth-order valence-electron chi connectivity index (χ4n) is 1.71. The zero-order valence-corrected chi connectivity index (χ0v) is 12.2. The van der Waals surface area contributed by atoms with E-state index in [2.05, 4.69) is 4.74 Å². The van der Waals surface area contributed by atoms with E-state index in [1.165, 1.54) is 32.8 Å². The molecule has 1 unspecified atom stereocenters. The van der Waals surface area contributed by atoms with Crippen molar-refractivity contribution in [2.75, 3.05) is 13.0 Å². The van der Waals surface area contributed by atoms with Crippen molar-refractivity contribution in [1.82, 2.24) is 0 Å². The molecular weight excluding hydrogens is 259 g/mol. The van der Waals surface area contributed by atoms with Gasteiger partial charge in [-0.05, 0) is 19.3 Å². The average Bonchev–Trinajstić information content (AvgIpc) is 2.32. The van der Waals surface area contributed by atoms with E-state index in [-0.39, 0.29) is 11.3 Å². The first-order valence-electron chi connectivity index (χ1n) is 6.47. The third kappa shape index (κ3) is 12.3. The van der Waals surface area contributed by atoms with Crippen LogP contribution in [0.1, 0.15) is 57.8 Å². The van der Waals surface area contributed by atoms with Crippen LogP contribution in [0.5, 0.6) is 0 Å². The number of carbonyl (C=O) groups excluding carboxylic acids is 1. The Balaban J connectivity index is 3.11. The second kappa shape index (κ2) is 12.5. The van der Waals surface area contributed by atoms with E-state index < -0.39 is 0 Å². The molecule has 0 aromatic carbocycles. The van der Waals surface area contributed by atoms with Gasteiger partial charge in [0.2, 0.25) is 0 Å². The highest BCUT2D eigenvalue weighted by Crippen LogP contribution is 2.15. The summed E-state index contributed by atoms with van der Waals surface area (Å²) in [5, 5.41) is 0.242. The first kappa shape index (κ1) is 17.1. The van der Waals surface area contributed by atoms with E-state index in [9.17, 15) is 4.79 Å². The standard InChI is InChI=1S/C13H24Cl2O2/c1-17-13(16)9-7-5-3-2-4-6-8-12(15)10-11-14/h12H,2-11H2,1H3. The SMILES string of the molecule is COC(=O)CCCCCCCCC(Cl)CCCl. The Morgan fingerprint density at radius 2 is 1.65 bits per heavy atom. The van der Waals surface area contributed by atoms with Gasteiger partial charge in [-0.1, -0.05) is 32.1 Å². The Hall–Kier alpha value is 0.0500. The molecule has 0 fully saturated rings. The van der Waals surface area contributed by atoms with Gasteiger partial charge in [0.25, 0.3) is 0 Å². The molecule has 0 spiro atoms. The third-order valence-electron chi connectivity index (χ3n) is 2.80. The molecule has 1 atom stereocenters. The molecule has 0 aromatic rings. The number of unbranched alkanes of at least 4 members (excludes halogenated alkanes) is 5. The smallest absolute Gasteiger partial charge is 0.305 e. The number of alkyl halides is 2. The van der Waals surface area contributed by atoms with E-state index in [0.717, 1.165) is 25.7 Å². The third-order valence-corrected chi connectivity index (χ3v) is 3.45. The monoisotopic (exact) mass is 282 g/mol. The fourth-order valence-corrected chi connectivity index (χ4v) is 2.35. The van der Waals surface area contributed by atoms with Crippen LogP contribution in [0.4, 0.5) is 0 Å². The van der Waals surface area contributed by atoms with Crippen molar-refractivity contribution in [2.24, 2.45) is 0 Å². The van der Waals surface area contributed by atoms with Crippen LogP contribution in [0.2, 0.25) is 0 Å². The Bertz CT molecular complexity index is 186. The van der Waals surface area contributed by atoms with Crippen molar-refractivity contribution in [3.63, 3.8) is 0 Å². The Morgan fingerprint density at radius 1 is 1.06 bits per heavy atom. The summed E-state index contributed by atoms with van der Waals surface area (Å²) in [4.78, 5) is 10.8. The zero-order valence-electron chi connectivity index (χ0n) is 10.7. The maximum absolute atomic E-state index is 10.8. The second-order valence-electron chi connectivity index (χ2n) is 4.31. The summed E-state index contributed by atoms with van der Waals surface area (Å²) in [6.45, 7) is 0. The highest BCUT2D eigenvalue weighted by Gasteiger charge is 2.03. The number of halogens is 2. The van der Waals surface area contributed by atoms with Crippen molar-refractivity contribution in [3.05, 3.63) is 0 Å². The lowest BCUT2D eigenvalue weighted by Crippen LogP contribution is -1.99. The minimum absolute atomic E-state index is 0.101. The van der Waals surface area contributed by atoms with Gasteiger partial charge in [0.05, 0.1) is 7.11 Å². The summed E-state index contributed by atoms with van der Waals surface area (Å²) in [5.41, 5.74) is 0. The molecule has 0 N–H and O–H groups in total. The van der Waals surface area contributed by atoms with Crippen molar-refractivity contribution in [1.29, 1.82) is 0 Å². The predicted molar refractivity (Wildman–Crippen MR) is 73.9 cm³/mol. The molecule has 0 rings (SSSR count). The van der Waals surface area contributed by atoms with E-state index in [0.29, 0.717) is 12.3 Å². The molecule has 0 bridgehead atoms. The van der Waals surface area contributed by atoms with E-state index >= 15 is 0 Å². The number of carbonyl (C=O) groups is 1. The summed E-state index contributed by atoms with van der Waals surface area (Å²) in [6, 6.07) is 0. The van der Waals surface area contributed by atoms with E-state index in [1.807, 2.05) is 0 Å². The molecule has 17 heavy (non-hydrogen) atoms. The van der Waals surface area contributed by atoms with Crippen LogP contribution < -0.4 is 0 Å². The molecule has 0 aliphatic heterocycles. The van der Waals surface area contributed by atoms with Crippen LogP contribution in [0.25, 0.3) is 0 Å². The number of methoxy groups -OCH3 is 1. The molecule has 0 radical (unpaired) electrons. The van der Waals surface area contributed by atoms with Crippen molar-refractivity contribution >= 4 is 29.2 Å². The molecule has 0 amide bonds. The lowest BCUT2D eigenvalue weighted by atomic mass is 10.1. The van der Waals surface area contributed by atoms with Crippen molar-refractivity contribution in [2.45, 2.75) is 63.2 Å². The van der Waals surface area contributed by atoms with Crippen LogP contribution >= 0.6 is 23.2 Å². The van der Waals surface area contributed by atoms with Crippen molar-refractivity contribution in [3.8, 4) is 0 Å². The second-order valence-corrected chi connectivity index (χ2v) is 5.31. The first-order valence-corrected chi connectivity index (χ1v) is 7.44. The molecule has 2 nitrogen and oxygen atoms in total. The minimum Gasteiger partial charge on any atom is -0.469 e. The summed E-state index contributed by atoms with van der Waals surface area (Å²) in [5.74, 6) is 0.554. The van der Waals surface area contributed by atoms with Crippen LogP contribution in [-0.2, 0) is 9.53 Å². The Labute approximate surface area is 115 Å². The van der Waals surface area contributed by atoms with Gasteiger partial charge in [-0.15, -0.1) is 23.2 Å². The molecule has 0 saturated heterocycles. The van der Waals surface area contributed by atoms with Crippen molar-refractivity contribution < 1.29 is 9.53 Å². The molecule has 0 aromatic heterocycles. The largest absolute Gasteiger partial charge is 0.469 e. The Kier molecular flexibility index (Phi) is 12.5. The summed E-state index contributed by atoms with van der Waals surface area (Å²) in [6.07, 6.45) is 9.41. The van der Waals surface area contributed by atoms with Gasteiger partial charge in [-0.3, -0.25) is 4.79 Å². The molecular formula is C13H24Cl2O2. The summed E-state index contributed by atoms with van der Waals surface area (Å²) >= 11 is 11.7. The van der Waals surface area contributed by atoms with Gasteiger partial charge in [0, 0.05) is 17.7 Å². The minimum atomic E-state index is -0.101. The van der Waals surface area contributed by atoms with Gasteiger partial charge in [-0.25, -0.2) is 0 Å².